The van der Waals surface area contributed by atoms with Crippen LogP contribution in [0.1, 0.15) is 17.0 Å². The molecule has 106 valence electrons. The summed E-state index contributed by atoms with van der Waals surface area (Å²) < 4.78 is 7.96. The molecule has 4 heteroatoms. The summed E-state index contributed by atoms with van der Waals surface area (Å²) in [4.78, 5) is 4.36. The van der Waals surface area contributed by atoms with E-state index in [1.165, 1.54) is 0 Å². The Morgan fingerprint density at radius 2 is 1.86 bits per heavy atom. The van der Waals surface area contributed by atoms with Gasteiger partial charge in [-0.25, -0.2) is 0 Å². The standard InChI is InChI=1S/C18H13N3O/c1-11-5-6-12(2)21(11)15-8-7-13-17-16(4-3-9-20-17)22-18(13)14(15)10-19/h3-9H,1-2H3. The molecule has 4 aromatic rings. The first-order chi connectivity index (χ1) is 10.7. The smallest absolute Gasteiger partial charge is 0.156 e. The summed E-state index contributed by atoms with van der Waals surface area (Å²) in [5, 5.41) is 10.6. The number of benzene rings is 1. The Labute approximate surface area is 127 Å². The van der Waals surface area contributed by atoms with Gasteiger partial charge in [0, 0.05) is 23.0 Å². The van der Waals surface area contributed by atoms with E-state index in [2.05, 4.69) is 15.6 Å². The van der Waals surface area contributed by atoms with Gasteiger partial charge in [-0.3, -0.25) is 4.98 Å². The minimum absolute atomic E-state index is 0.540. The molecule has 22 heavy (non-hydrogen) atoms. The predicted molar refractivity (Wildman–Crippen MR) is 85.0 cm³/mol. The lowest BCUT2D eigenvalue weighted by Gasteiger charge is -2.11. The maximum absolute atomic E-state index is 9.68. The van der Waals surface area contributed by atoms with Crippen molar-refractivity contribution in [2.24, 2.45) is 0 Å². The number of aromatic nitrogens is 2. The summed E-state index contributed by atoms with van der Waals surface area (Å²) in [6, 6.07) is 14.0. The van der Waals surface area contributed by atoms with Gasteiger partial charge in [0.05, 0.1) is 5.69 Å². The summed E-state index contributed by atoms with van der Waals surface area (Å²) in [7, 11) is 0. The normalized spacial score (nSPS) is 11.1. The first-order valence-corrected chi connectivity index (χ1v) is 7.06. The minimum atomic E-state index is 0.540. The second-order valence-corrected chi connectivity index (χ2v) is 5.35. The predicted octanol–water partition coefficient (Wildman–Crippen LogP) is 4.26. The van der Waals surface area contributed by atoms with Crippen LogP contribution in [0.4, 0.5) is 0 Å². The van der Waals surface area contributed by atoms with Gasteiger partial charge in [0.2, 0.25) is 0 Å². The van der Waals surface area contributed by atoms with Gasteiger partial charge in [0.25, 0.3) is 0 Å². The van der Waals surface area contributed by atoms with Crippen molar-refractivity contribution in [1.82, 2.24) is 9.55 Å². The molecule has 0 atom stereocenters. The largest absolute Gasteiger partial charge is 0.453 e. The molecule has 0 unspecified atom stereocenters. The van der Waals surface area contributed by atoms with Crippen molar-refractivity contribution in [3.05, 3.63) is 59.5 Å². The van der Waals surface area contributed by atoms with Crippen LogP contribution >= 0.6 is 0 Å². The molecule has 0 fully saturated rings. The van der Waals surface area contributed by atoms with Crippen LogP contribution < -0.4 is 0 Å². The van der Waals surface area contributed by atoms with Gasteiger partial charge < -0.3 is 8.98 Å². The first-order valence-electron chi connectivity index (χ1n) is 7.06. The van der Waals surface area contributed by atoms with Crippen molar-refractivity contribution >= 4 is 22.1 Å². The van der Waals surface area contributed by atoms with Crippen LogP contribution in [0.2, 0.25) is 0 Å². The van der Waals surface area contributed by atoms with Crippen molar-refractivity contribution in [3.63, 3.8) is 0 Å². The zero-order valence-corrected chi connectivity index (χ0v) is 12.3. The SMILES string of the molecule is Cc1ccc(C)n1-c1ccc2c(oc3cccnc32)c1C#N. The van der Waals surface area contributed by atoms with Crippen molar-refractivity contribution in [1.29, 1.82) is 5.26 Å². The fourth-order valence-electron chi connectivity index (χ4n) is 2.99. The first kappa shape index (κ1) is 12.7. The van der Waals surface area contributed by atoms with Crippen LogP contribution in [0.3, 0.4) is 0 Å². The zero-order chi connectivity index (χ0) is 15.3. The molecule has 0 N–H and O–H groups in total. The Bertz CT molecular complexity index is 1040. The summed E-state index contributed by atoms with van der Waals surface area (Å²) in [6.07, 6.45) is 1.73. The number of pyridine rings is 1. The van der Waals surface area contributed by atoms with E-state index < -0.39 is 0 Å². The molecule has 0 bridgehead atoms. The third-order valence-electron chi connectivity index (χ3n) is 4.00. The Morgan fingerprint density at radius 3 is 2.59 bits per heavy atom. The molecule has 0 amide bonds. The van der Waals surface area contributed by atoms with E-state index in [0.717, 1.165) is 28.0 Å². The topological polar surface area (TPSA) is 54.8 Å². The van der Waals surface area contributed by atoms with Crippen molar-refractivity contribution < 1.29 is 4.42 Å². The molecule has 4 rings (SSSR count). The average molecular weight is 287 g/mol. The van der Waals surface area contributed by atoms with E-state index in [9.17, 15) is 5.26 Å². The maximum Gasteiger partial charge on any atom is 0.156 e. The number of rotatable bonds is 1. The summed E-state index contributed by atoms with van der Waals surface area (Å²) in [6.45, 7) is 4.05. The van der Waals surface area contributed by atoms with Crippen LogP contribution in [-0.4, -0.2) is 9.55 Å². The molecule has 1 aromatic carbocycles. The number of hydrogen-bond donors (Lipinski definition) is 0. The number of aryl methyl sites for hydroxylation is 2. The van der Waals surface area contributed by atoms with Gasteiger partial charge in [0.1, 0.15) is 17.1 Å². The van der Waals surface area contributed by atoms with Crippen LogP contribution in [-0.2, 0) is 0 Å². The van der Waals surface area contributed by atoms with E-state index in [0.29, 0.717) is 16.7 Å². The van der Waals surface area contributed by atoms with Gasteiger partial charge in [-0.2, -0.15) is 5.26 Å². The third kappa shape index (κ3) is 1.60. The second-order valence-electron chi connectivity index (χ2n) is 5.35. The van der Waals surface area contributed by atoms with E-state index in [1.807, 2.05) is 50.2 Å². The minimum Gasteiger partial charge on any atom is -0.453 e. The highest BCUT2D eigenvalue weighted by molar-refractivity contribution is 6.05. The van der Waals surface area contributed by atoms with E-state index in [4.69, 9.17) is 4.42 Å². The number of fused-ring (bicyclic) bond motifs is 3. The van der Waals surface area contributed by atoms with Gasteiger partial charge in [-0.05, 0) is 50.2 Å². The molecule has 0 radical (unpaired) electrons. The van der Waals surface area contributed by atoms with Gasteiger partial charge in [-0.1, -0.05) is 0 Å². The Balaban J connectivity index is 2.14. The molecular formula is C18H13N3O. The molecule has 0 saturated carbocycles. The van der Waals surface area contributed by atoms with Gasteiger partial charge in [-0.15, -0.1) is 0 Å². The number of nitrogens with zero attached hydrogens (tertiary/aromatic N) is 3. The van der Waals surface area contributed by atoms with E-state index in [-0.39, 0.29) is 0 Å². The van der Waals surface area contributed by atoms with E-state index in [1.54, 1.807) is 6.20 Å². The van der Waals surface area contributed by atoms with Crippen molar-refractivity contribution in [2.45, 2.75) is 13.8 Å². The summed E-state index contributed by atoms with van der Waals surface area (Å²) >= 11 is 0. The lowest BCUT2D eigenvalue weighted by atomic mass is 10.1. The number of furan rings is 1. The Morgan fingerprint density at radius 1 is 1.09 bits per heavy atom. The van der Waals surface area contributed by atoms with Crippen LogP contribution in [0.25, 0.3) is 27.8 Å². The highest BCUT2D eigenvalue weighted by Gasteiger charge is 2.17. The van der Waals surface area contributed by atoms with Crippen LogP contribution in [0, 0.1) is 25.2 Å². The molecule has 0 spiro atoms. The van der Waals surface area contributed by atoms with Crippen molar-refractivity contribution in [2.75, 3.05) is 0 Å². The molecule has 3 aromatic heterocycles. The molecule has 0 saturated heterocycles. The Hall–Kier alpha value is -3.06. The number of hydrogen-bond acceptors (Lipinski definition) is 3. The Kier molecular flexibility index (Phi) is 2.57. The van der Waals surface area contributed by atoms with Gasteiger partial charge in [0.15, 0.2) is 11.2 Å². The highest BCUT2D eigenvalue weighted by Crippen LogP contribution is 2.33. The summed E-state index contributed by atoms with van der Waals surface area (Å²) in [5.74, 6) is 0. The molecule has 0 aliphatic rings. The number of nitriles is 1. The average Bonchev–Trinajstić information content (AvgIpc) is 3.06. The van der Waals surface area contributed by atoms with Crippen molar-refractivity contribution in [3.8, 4) is 11.8 Å². The fraction of sp³-hybridized carbons (Fsp3) is 0.111. The van der Waals surface area contributed by atoms with Crippen LogP contribution in [0.5, 0.6) is 0 Å². The highest BCUT2D eigenvalue weighted by atomic mass is 16.3. The fourth-order valence-corrected chi connectivity index (χ4v) is 2.99. The molecular weight excluding hydrogens is 274 g/mol. The zero-order valence-electron chi connectivity index (χ0n) is 12.3. The third-order valence-corrected chi connectivity index (χ3v) is 4.00. The lowest BCUT2D eigenvalue weighted by Crippen LogP contribution is -2.01. The lowest BCUT2D eigenvalue weighted by molar-refractivity contribution is 0.666. The van der Waals surface area contributed by atoms with Gasteiger partial charge >= 0.3 is 0 Å². The monoisotopic (exact) mass is 287 g/mol. The molecule has 4 nitrogen and oxygen atoms in total. The second kappa shape index (κ2) is 4.47. The summed E-state index contributed by atoms with van der Waals surface area (Å²) in [5.41, 5.74) is 5.65. The van der Waals surface area contributed by atoms with E-state index >= 15 is 0 Å². The molecule has 3 heterocycles. The van der Waals surface area contributed by atoms with Crippen LogP contribution in [0.15, 0.2) is 47.0 Å². The quantitative estimate of drug-likeness (QED) is 0.525. The molecule has 0 aliphatic heterocycles. The maximum atomic E-state index is 9.68. The molecule has 0 aliphatic carbocycles.